The molecule has 0 amide bonds. The highest BCUT2D eigenvalue weighted by Crippen LogP contribution is 2.11. The topological polar surface area (TPSA) is 70.3 Å². The Balaban J connectivity index is 2.21. The van der Waals surface area contributed by atoms with Crippen LogP contribution >= 0.6 is 0 Å². The summed E-state index contributed by atoms with van der Waals surface area (Å²) in [7, 11) is 0. The van der Waals surface area contributed by atoms with Crippen molar-refractivity contribution in [3.05, 3.63) is 18.0 Å². The van der Waals surface area contributed by atoms with Crippen LogP contribution in [-0.4, -0.2) is 46.3 Å². The minimum atomic E-state index is -0.444. The van der Waals surface area contributed by atoms with Crippen molar-refractivity contribution < 1.29 is 10.2 Å². The lowest BCUT2D eigenvalue weighted by atomic mass is 9.93. The number of aromatic nitrogens is 2. The molecule has 16 heavy (non-hydrogen) atoms. The van der Waals surface area contributed by atoms with Crippen LogP contribution in [0.1, 0.15) is 12.5 Å². The second-order valence-corrected chi connectivity index (χ2v) is 4.58. The molecule has 0 aliphatic rings. The third kappa shape index (κ3) is 3.92. The van der Waals surface area contributed by atoms with E-state index in [-0.39, 0.29) is 13.2 Å². The zero-order chi connectivity index (χ0) is 12.0. The lowest BCUT2D eigenvalue weighted by Crippen LogP contribution is -2.39. The predicted molar refractivity (Wildman–Crippen MR) is 62.1 cm³/mol. The van der Waals surface area contributed by atoms with Crippen LogP contribution in [0, 0.1) is 12.3 Å². The first-order valence-corrected chi connectivity index (χ1v) is 5.51. The van der Waals surface area contributed by atoms with E-state index in [1.165, 1.54) is 0 Å². The van der Waals surface area contributed by atoms with Crippen molar-refractivity contribution in [2.75, 3.05) is 26.3 Å². The number of hydrogen-bond acceptors (Lipinski definition) is 4. The van der Waals surface area contributed by atoms with Crippen LogP contribution in [-0.2, 0) is 6.54 Å². The van der Waals surface area contributed by atoms with Gasteiger partial charge in [0.1, 0.15) is 0 Å². The molecule has 0 aliphatic carbocycles. The summed E-state index contributed by atoms with van der Waals surface area (Å²) in [6.45, 7) is 5.98. The van der Waals surface area contributed by atoms with Crippen molar-refractivity contribution in [2.45, 2.75) is 20.4 Å². The van der Waals surface area contributed by atoms with E-state index in [1.54, 1.807) is 0 Å². The molecule has 1 aromatic rings. The van der Waals surface area contributed by atoms with Gasteiger partial charge in [0, 0.05) is 24.7 Å². The van der Waals surface area contributed by atoms with Crippen molar-refractivity contribution in [2.24, 2.45) is 5.41 Å². The maximum Gasteiger partial charge on any atom is 0.0534 e. The Labute approximate surface area is 96.1 Å². The summed E-state index contributed by atoms with van der Waals surface area (Å²) in [6.07, 6.45) is 3.81. The average Bonchev–Trinajstić information content (AvgIpc) is 2.70. The van der Waals surface area contributed by atoms with E-state index >= 15 is 0 Å². The van der Waals surface area contributed by atoms with E-state index in [4.69, 9.17) is 10.2 Å². The summed E-state index contributed by atoms with van der Waals surface area (Å²) < 4.78 is 1.87. The lowest BCUT2D eigenvalue weighted by Gasteiger charge is -2.24. The Morgan fingerprint density at radius 1 is 1.44 bits per heavy atom. The van der Waals surface area contributed by atoms with Gasteiger partial charge in [-0.1, -0.05) is 6.92 Å². The summed E-state index contributed by atoms with van der Waals surface area (Å²) in [5, 5.41) is 25.5. The van der Waals surface area contributed by atoms with Gasteiger partial charge in [0.2, 0.25) is 0 Å². The van der Waals surface area contributed by atoms with Crippen molar-refractivity contribution in [3.8, 4) is 0 Å². The molecule has 0 radical (unpaired) electrons. The van der Waals surface area contributed by atoms with Gasteiger partial charge < -0.3 is 15.5 Å². The number of hydrogen-bond donors (Lipinski definition) is 3. The van der Waals surface area contributed by atoms with Crippen molar-refractivity contribution in [3.63, 3.8) is 0 Å². The van der Waals surface area contributed by atoms with Crippen LogP contribution < -0.4 is 5.32 Å². The first kappa shape index (κ1) is 13.2. The van der Waals surface area contributed by atoms with E-state index in [1.807, 2.05) is 30.9 Å². The molecule has 5 nitrogen and oxygen atoms in total. The van der Waals surface area contributed by atoms with Crippen molar-refractivity contribution in [1.82, 2.24) is 15.1 Å². The fourth-order valence-corrected chi connectivity index (χ4v) is 1.33. The Kier molecular flexibility index (Phi) is 4.92. The SMILES string of the molecule is Cc1cnn(CCNCC(C)(CO)CO)c1. The zero-order valence-electron chi connectivity index (χ0n) is 9.98. The summed E-state index contributed by atoms with van der Waals surface area (Å²) in [4.78, 5) is 0. The molecule has 0 unspecified atom stereocenters. The maximum atomic E-state index is 9.09. The smallest absolute Gasteiger partial charge is 0.0534 e. The Bertz CT molecular complexity index is 308. The first-order chi connectivity index (χ1) is 7.59. The van der Waals surface area contributed by atoms with Gasteiger partial charge >= 0.3 is 0 Å². The molecular formula is C11H21N3O2. The molecule has 0 bridgehead atoms. The van der Waals surface area contributed by atoms with Gasteiger partial charge in [-0.15, -0.1) is 0 Å². The summed E-state index contributed by atoms with van der Waals surface area (Å²) in [5.74, 6) is 0. The van der Waals surface area contributed by atoms with Crippen LogP contribution in [0.3, 0.4) is 0 Å². The quantitative estimate of drug-likeness (QED) is 0.563. The van der Waals surface area contributed by atoms with Crippen LogP contribution in [0.4, 0.5) is 0 Å². The van der Waals surface area contributed by atoms with Crippen LogP contribution in [0.25, 0.3) is 0 Å². The number of aliphatic hydroxyl groups excluding tert-OH is 2. The number of aryl methyl sites for hydroxylation is 1. The molecule has 5 heteroatoms. The molecule has 1 rings (SSSR count). The highest BCUT2D eigenvalue weighted by Gasteiger charge is 2.21. The Morgan fingerprint density at radius 3 is 2.62 bits per heavy atom. The van der Waals surface area contributed by atoms with Gasteiger partial charge in [0.25, 0.3) is 0 Å². The predicted octanol–water partition coefficient (Wildman–Crippen LogP) is -0.228. The molecule has 0 spiro atoms. The number of nitrogens with zero attached hydrogens (tertiary/aromatic N) is 2. The molecule has 1 aromatic heterocycles. The number of aliphatic hydroxyl groups is 2. The minimum Gasteiger partial charge on any atom is -0.396 e. The fourth-order valence-electron chi connectivity index (χ4n) is 1.33. The largest absolute Gasteiger partial charge is 0.396 e. The second-order valence-electron chi connectivity index (χ2n) is 4.58. The molecule has 0 aromatic carbocycles. The third-order valence-electron chi connectivity index (χ3n) is 2.60. The molecule has 0 aliphatic heterocycles. The summed E-state index contributed by atoms with van der Waals surface area (Å²) in [5.41, 5.74) is 0.704. The van der Waals surface area contributed by atoms with Crippen molar-refractivity contribution >= 4 is 0 Å². The Hall–Kier alpha value is -0.910. The van der Waals surface area contributed by atoms with E-state index in [0.717, 1.165) is 18.7 Å². The zero-order valence-corrected chi connectivity index (χ0v) is 9.98. The number of nitrogens with one attached hydrogen (secondary N) is 1. The van der Waals surface area contributed by atoms with Crippen LogP contribution in [0.2, 0.25) is 0 Å². The van der Waals surface area contributed by atoms with Crippen molar-refractivity contribution in [1.29, 1.82) is 0 Å². The monoisotopic (exact) mass is 227 g/mol. The molecule has 1 heterocycles. The van der Waals surface area contributed by atoms with Crippen LogP contribution in [0.15, 0.2) is 12.4 Å². The fraction of sp³-hybridized carbons (Fsp3) is 0.727. The molecule has 0 fully saturated rings. The van der Waals surface area contributed by atoms with E-state index in [2.05, 4.69) is 10.4 Å². The van der Waals surface area contributed by atoms with Gasteiger partial charge in [-0.05, 0) is 12.5 Å². The van der Waals surface area contributed by atoms with Gasteiger partial charge in [0.15, 0.2) is 0 Å². The molecule has 3 N–H and O–H groups in total. The van der Waals surface area contributed by atoms with E-state index in [9.17, 15) is 0 Å². The molecular weight excluding hydrogens is 206 g/mol. The van der Waals surface area contributed by atoms with Crippen LogP contribution in [0.5, 0.6) is 0 Å². The number of rotatable bonds is 7. The van der Waals surface area contributed by atoms with E-state index in [0.29, 0.717) is 6.54 Å². The van der Waals surface area contributed by atoms with E-state index < -0.39 is 5.41 Å². The summed E-state index contributed by atoms with van der Waals surface area (Å²) >= 11 is 0. The Morgan fingerprint density at radius 2 is 2.12 bits per heavy atom. The third-order valence-corrected chi connectivity index (χ3v) is 2.60. The molecule has 0 saturated carbocycles. The molecule has 0 atom stereocenters. The summed E-state index contributed by atoms with van der Waals surface area (Å²) in [6, 6.07) is 0. The standard InChI is InChI=1S/C11H21N3O2/c1-10-5-13-14(6-10)4-3-12-7-11(2,8-15)9-16/h5-6,12,15-16H,3-4,7-9H2,1-2H3. The van der Waals surface area contributed by atoms with Gasteiger partial charge in [0.05, 0.1) is 26.0 Å². The molecule has 0 saturated heterocycles. The lowest BCUT2D eigenvalue weighted by molar-refractivity contribution is 0.0697. The van der Waals surface area contributed by atoms with Gasteiger partial charge in [-0.25, -0.2) is 0 Å². The average molecular weight is 227 g/mol. The highest BCUT2D eigenvalue weighted by molar-refractivity contribution is 4.99. The minimum absolute atomic E-state index is 0.0165. The first-order valence-electron chi connectivity index (χ1n) is 5.51. The normalized spacial score (nSPS) is 12.0. The van der Waals surface area contributed by atoms with Gasteiger partial charge in [-0.3, -0.25) is 4.68 Å². The van der Waals surface area contributed by atoms with Gasteiger partial charge in [-0.2, -0.15) is 5.10 Å². The second kappa shape index (κ2) is 5.98. The highest BCUT2D eigenvalue weighted by atomic mass is 16.3. The maximum absolute atomic E-state index is 9.09. The molecule has 92 valence electrons.